The van der Waals surface area contributed by atoms with E-state index in [0.717, 1.165) is 40.8 Å². The van der Waals surface area contributed by atoms with Crippen molar-refractivity contribution >= 4 is 47.1 Å². The monoisotopic (exact) mass is 881 g/mol. The summed E-state index contributed by atoms with van der Waals surface area (Å²) in [5.74, 6) is -5.44. The van der Waals surface area contributed by atoms with Gasteiger partial charge in [0.2, 0.25) is 11.8 Å². The van der Waals surface area contributed by atoms with E-state index in [2.05, 4.69) is 5.32 Å². The third-order valence-electron chi connectivity index (χ3n) is 9.17. The Morgan fingerprint density at radius 2 is 1.59 bits per heavy atom. The van der Waals surface area contributed by atoms with E-state index >= 15 is 4.39 Å². The molecule has 0 saturated carbocycles. The molecule has 0 saturated heterocycles. The second-order valence-corrected chi connectivity index (χ2v) is 16.2. The van der Waals surface area contributed by atoms with Crippen molar-refractivity contribution in [2.45, 2.75) is 71.3 Å². The SMILES string of the molecule is CC(C)(C)[C@H](c1cc(-c2cc(F)ccc2F)cn1Cc1ccccc1)N(CCC(N)CF)C(=O)CSCCC(=O)NCCCC(=O)CN1C(=O)C=CC1=O.O=C(O)C(F)(F)F. The van der Waals surface area contributed by atoms with Gasteiger partial charge in [-0.25, -0.2) is 18.0 Å². The fourth-order valence-corrected chi connectivity index (χ4v) is 7.06. The molecule has 2 atom stereocenters. The molecule has 4 amide bonds. The Hall–Kier alpha value is -5.43. The molecule has 2 heterocycles. The van der Waals surface area contributed by atoms with Crippen molar-refractivity contribution in [3.8, 4) is 11.1 Å². The molecule has 2 aromatic carbocycles. The molecule has 1 unspecified atom stereocenters. The second kappa shape index (κ2) is 23.0. The lowest BCUT2D eigenvalue weighted by Crippen LogP contribution is -2.45. The minimum atomic E-state index is -5.08. The third kappa shape index (κ3) is 15.8. The van der Waals surface area contributed by atoms with E-state index in [1.54, 1.807) is 17.2 Å². The molecule has 0 spiro atoms. The molecule has 0 fully saturated rings. The normalized spacial score (nSPS) is 13.7. The van der Waals surface area contributed by atoms with Crippen LogP contribution in [0, 0.1) is 17.0 Å². The number of rotatable bonds is 20. The van der Waals surface area contributed by atoms with E-state index in [9.17, 15) is 45.9 Å². The number of thioether (sulfide) groups is 1. The molecule has 0 aliphatic carbocycles. The molecule has 61 heavy (non-hydrogen) atoms. The number of carboxylic acids is 1. The number of aromatic nitrogens is 1. The number of nitrogens with one attached hydrogen (secondary N) is 1. The number of imide groups is 1. The summed E-state index contributed by atoms with van der Waals surface area (Å²) in [5, 5.41) is 9.87. The van der Waals surface area contributed by atoms with Gasteiger partial charge < -0.3 is 25.6 Å². The van der Waals surface area contributed by atoms with Crippen LogP contribution in [-0.2, 0) is 35.3 Å². The van der Waals surface area contributed by atoms with E-state index in [1.807, 2.05) is 55.7 Å². The summed E-state index contributed by atoms with van der Waals surface area (Å²) in [7, 11) is 0. The maximum Gasteiger partial charge on any atom is 0.490 e. The Morgan fingerprint density at radius 1 is 0.951 bits per heavy atom. The van der Waals surface area contributed by atoms with Gasteiger partial charge in [0, 0.05) is 79.4 Å². The van der Waals surface area contributed by atoms with E-state index < -0.39 is 59.8 Å². The van der Waals surface area contributed by atoms with Crippen LogP contribution in [0.1, 0.15) is 63.8 Å². The van der Waals surface area contributed by atoms with Crippen molar-refractivity contribution in [2.24, 2.45) is 11.1 Å². The van der Waals surface area contributed by atoms with Crippen molar-refractivity contribution in [1.82, 2.24) is 19.7 Å². The first kappa shape index (κ1) is 49.9. The van der Waals surface area contributed by atoms with E-state index in [0.29, 0.717) is 30.0 Å². The summed E-state index contributed by atoms with van der Waals surface area (Å²) in [4.78, 5) is 73.5. The molecule has 1 aliphatic heterocycles. The molecule has 332 valence electrons. The van der Waals surface area contributed by atoms with Gasteiger partial charge in [-0.1, -0.05) is 51.1 Å². The molecule has 12 nitrogen and oxygen atoms in total. The number of amides is 4. The van der Waals surface area contributed by atoms with Gasteiger partial charge in [-0.3, -0.25) is 28.9 Å². The topological polar surface area (TPSA) is 172 Å². The predicted octanol–water partition coefficient (Wildman–Crippen LogP) is 6.23. The quantitative estimate of drug-likeness (QED) is 0.0676. The number of carbonyl (C=O) groups is 6. The van der Waals surface area contributed by atoms with Gasteiger partial charge >= 0.3 is 12.1 Å². The van der Waals surface area contributed by atoms with Crippen LogP contribution in [0.5, 0.6) is 0 Å². The van der Waals surface area contributed by atoms with Crippen molar-refractivity contribution in [3.63, 3.8) is 0 Å². The van der Waals surface area contributed by atoms with Crippen LogP contribution < -0.4 is 11.1 Å². The van der Waals surface area contributed by atoms with Crippen LogP contribution >= 0.6 is 11.8 Å². The van der Waals surface area contributed by atoms with Gasteiger partial charge in [0.15, 0.2) is 5.78 Å². The number of nitrogens with two attached hydrogens (primary N) is 1. The zero-order chi connectivity index (χ0) is 45.5. The molecule has 19 heteroatoms. The highest BCUT2D eigenvalue weighted by atomic mass is 32.2. The highest BCUT2D eigenvalue weighted by molar-refractivity contribution is 7.99. The molecule has 4 N–H and O–H groups in total. The zero-order valence-corrected chi connectivity index (χ0v) is 34.7. The highest BCUT2D eigenvalue weighted by Gasteiger charge is 2.39. The minimum absolute atomic E-state index is 0.0206. The largest absolute Gasteiger partial charge is 0.490 e. The van der Waals surface area contributed by atoms with Gasteiger partial charge in [-0.2, -0.15) is 24.9 Å². The lowest BCUT2D eigenvalue weighted by Gasteiger charge is -2.41. The van der Waals surface area contributed by atoms with Gasteiger partial charge in [0.05, 0.1) is 18.3 Å². The van der Waals surface area contributed by atoms with Gasteiger partial charge in [-0.05, 0) is 48.1 Å². The van der Waals surface area contributed by atoms with Gasteiger partial charge in [0.1, 0.15) is 18.3 Å². The number of alkyl halides is 4. The van der Waals surface area contributed by atoms with Gasteiger partial charge in [0.25, 0.3) is 11.8 Å². The number of halogens is 6. The van der Waals surface area contributed by atoms with Crippen molar-refractivity contribution in [1.29, 1.82) is 0 Å². The van der Waals surface area contributed by atoms with Crippen molar-refractivity contribution in [2.75, 3.05) is 37.8 Å². The number of carbonyl (C=O) groups excluding carboxylic acids is 5. The average molecular weight is 882 g/mol. The second-order valence-electron chi connectivity index (χ2n) is 15.1. The fourth-order valence-electron chi connectivity index (χ4n) is 6.24. The molecule has 0 bridgehead atoms. The molecule has 1 aromatic heterocycles. The summed E-state index contributed by atoms with van der Waals surface area (Å²) in [6.45, 7) is 5.62. The molecule has 3 aromatic rings. The Labute approximate surface area is 353 Å². The number of Topliss-reactive ketones (excluding diaryl/α,β-unsaturated/α-hetero) is 1. The minimum Gasteiger partial charge on any atom is -0.475 e. The summed E-state index contributed by atoms with van der Waals surface area (Å²) in [6.07, 6.45) is -0.364. The zero-order valence-electron chi connectivity index (χ0n) is 33.9. The first-order chi connectivity index (χ1) is 28.6. The predicted molar refractivity (Wildman–Crippen MR) is 217 cm³/mol. The number of aliphatic carboxylic acids is 1. The van der Waals surface area contributed by atoms with Crippen LogP contribution in [0.3, 0.4) is 0 Å². The number of hydrogen-bond donors (Lipinski definition) is 3. The Morgan fingerprint density at radius 3 is 2.18 bits per heavy atom. The maximum absolute atomic E-state index is 15.1. The summed E-state index contributed by atoms with van der Waals surface area (Å²) in [5.41, 5.74) is 7.58. The molecule has 4 rings (SSSR count). The van der Waals surface area contributed by atoms with E-state index in [4.69, 9.17) is 15.6 Å². The van der Waals surface area contributed by atoms with Crippen LogP contribution in [0.15, 0.2) is 72.9 Å². The van der Waals surface area contributed by atoms with Crippen LogP contribution in [0.2, 0.25) is 0 Å². The number of ketones is 1. The smallest absolute Gasteiger partial charge is 0.475 e. The summed E-state index contributed by atoms with van der Waals surface area (Å²) >= 11 is 1.27. The molecular weight excluding hydrogens is 833 g/mol. The van der Waals surface area contributed by atoms with Crippen LogP contribution in [-0.4, -0.2) is 105 Å². The Bertz CT molecular complexity index is 2020. The lowest BCUT2D eigenvalue weighted by atomic mass is 9.82. The Balaban J connectivity index is 0.00000130. The average Bonchev–Trinajstić information content (AvgIpc) is 3.74. The van der Waals surface area contributed by atoms with Crippen molar-refractivity contribution < 1.29 is 60.2 Å². The highest BCUT2D eigenvalue weighted by Crippen LogP contribution is 2.41. The first-order valence-electron chi connectivity index (χ1n) is 19.1. The van der Waals surface area contributed by atoms with Crippen molar-refractivity contribution in [3.05, 3.63) is 95.8 Å². The number of benzene rings is 2. The Kier molecular flexibility index (Phi) is 18.8. The lowest BCUT2D eigenvalue weighted by molar-refractivity contribution is -0.192. The molecular formula is C42H49F6N5O7S. The maximum atomic E-state index is 15.1. The fraction of sp³-hybridized carbons (Fsp3) is 0.429. The number of carboxylic acid groups (broad SMARTS) is 1. The summed E-state index contributed by atoms with van der Waals surface area (Å²) < 4.78 is 76.6. The van der Waals surface area contributed by atoms with Crippen LogP contribution in [0.4, 0.5) is 26.3 Å². The molecule has 0 radical (unpaired) electrons. The van der Waals surface area contributed by atoms with E-state index in [-0.39, 0.29) is 67.8 Å². The molecule has 1 aliphatic rings. The standard InChI is InChI=1S/C40H48F3N5O5S.C2HF3O2/c1-40(2,3)39(34-20-28(32-21-29(42)11-12-33(32)43)24-46(34)23-27-8-5-4-6-9-27)47(18-15-30(44)22-41)38(53)26-54-19-16-35(50)45-17-7-10-31(49)25-48-36(51)13-14-37(48)52;3-2(4,5)1(6)7/h4-6,8-9,11-14,20-21,24,30,39H,7,10,15-19,22-23,25-26,44H2,1-3H3,(H,45,50);(H,6,7)/t30?,39-;/m0./s1. The first-order valence-corrected chi connectivity index (χ1v) is 20.3. The number of nitrogens with zero attached hydrogens (tertiary/aromatic N) is 3. The number of hydrogen-bond acceptors (Lipinski definition) is 8. The van der Waals surface area contributed by atoms with E-state index in [1.165, 1.54) is 11.8 Å². The summed E-state index contributed by atoms with van der Waals surface area (Å²) in [6, 6.07) is 13.3. The van der Waals surface area contributed by atoms with Gasteiger partial charge in [-0.15, -0.1) is 0 Å². The van der Waals surface area contributed by atoms with Crippen LogP contribution in [0.25, 0.3) is 11.1 Å². The third-order valence-corrected chi connectivity index (χ3v) is 10.1.